The van der Waals surface area contributed by atoms with Gasteiger partial charge in [0.15, 0.2) is 5.01 Å². The molecule has 0 aliphatic carbocycles. The number of carbonyl (C=O) groups excluding carboxylic acids is 1. The normalized spacial score (nSPS) is 19.9. The number of amides is 1. The van der Waals surface area contributed by atoms with Gasteiger partial charge < -0.3 is 14.5 Å². The number of nitrogens with zero attached hydrogens (tertiary/aromatic N) is 3. The predicted octanol–water partition coefficient (Wildman–Crippen LogP) is 3.61. The standard InChI is InChI=1S/C14H20F3N3O2S/c1-9-8-19(10-7-18-11(23-10)14(15,16)17)5-6-20(9)12(21)22-13(2,3)4/h7,9H,5-6,8H2,1-4H3/t9-/m1/s1. The molecule has 0 unspecified atom stereocenters. The molecule has 0 radical (unpaired) electrons. The molecule has 0 saturated carbocycles. The van der Waals surface area contributed by atoms with Crippen LogP contribution < -0.4 is 4.90 Å². The van der Waals surface area contributed by atoms with Crippen molar-refractivity contribution in [2.24, 2.45) is 0 Å². The van der Waals surface area contributed by atoms with Gasteiger partial charge in [-0.3, -0.25) is 0 Å². The molecule has 0 N–H and O–H groups in total. The maximum Gasteiger partial charge on any atom is 0.443 e. The van der Waals surface area contributed by atoms with Gasteiger partial charge in [-0.1, -0.05) is 11.3 Å². The minimum atomic E-state index is -4.42. The summed E-state index contributed by atoms with van der Waals surface area (Å²) in [6, 6.07) is -0.157. The molecule has 1 aromatic rings. The third kappa shape index (κ3) is 4.49. The lowest BCUT2D eigenvalue weighted by molar-refractivity contribution is -0.137. The highest BCUT2D eigenvalue weighted by Crippen LogP contribution is 2.36. The second kappa shape index (κ2) is 6.18. The van der Waals surface area contributed by atoms with Crippen LogP contribution in [0.4, 0.5) is 23.0 Å². The molecule has 2 rings (SSSR count). The molecule has 1 aliphatic heterocycles. The van der Waals surface area contributed by atoms with Gasteiger partial charge in [-0.2, -0.15) is 13.2 Å². The Kier molecular flexibility index (Phi) is 4.79. The van der Waals surface area contributed by atoms with Gasteiger partial charge in [0.25, 0.3) is 0 Å². The number of anilines is 1. The summed E-state index contributed by atoms with van der Waals surface area (Å²) in [5, 5.41) is -0.386. The SMILES string of the molecule is C[C@@H]1CN(c2cnc(C(F)(F)F)s2)CCN1C(=O)OC(C)(C)C. The van der Waals surface area contributed by atoms with Gasteiger partial charge in [0.2, 0.25) is 0 Å². The monoisotopic (exact) mass is 351 g/mol. The van der Waals surface area contributed by atoms with Crippen molar-refractivity contribution < 1.29 is 22.7 Å². The first kappa shape index (κ1) is 17.8. The number of hydrogen-bond acceptors (Lipinski definition) is 5. The van der Waals surface area contributed by atoms with Crippen LogP contribution in [0.15, 0.2) is 6.20 Å². The van der Waals surface area contributed by atoms with E-state index < -0.39 is 22.9 Å². The molecule has 23 heavy (non-hydrogen) atoms. The van der Waals surface area contributed by atoms with Crippen LogP contribution in [-0.4, -0.2) is 47.3 Å². The number of halogens is 3. The van der Waals surface area contributed by atoms with Crippen LogP contribution in [0.2, 0.25) is 0 Å². The van der Waals surface area contributed by atoms with E-state index in [1.807, 2.05) is 11.8 Å². The fourth-order valence-corrected chi connectivity index (χ4v) is 3.11. The second-order valence-electron chi connectivity index (χ2n) is 6.47. The van der Waals surface area contributed by atoms with Crippen LogP contribution in [0.5, 0.6) is 0 Å². The highest BCUT2D eigenvalue weighted by molar-refractivity contribution is 7.15. The van der Waals surface area contributed by atoms with E-state index in [9.17, 15) is 18.0 Å². The fourth-order valence-electron chi connectivity index (χ4n) is 2.29. The van der Waals surface area contributed by atoms with Gasteiger partial charge >= 0.3 is 12.3 Å². The van der Waals surface area contributed by atoms with Crippen LogP contribution in [-0.2, 0) is 10.9 Å². The number of piperazine rings is 1. The Morgan fingerprint density at radius 3 is 2.48 bits per heavy atom. The Bertz CT molecular complexity index is 568. The lowest BCUT2D eigenvalue weighted by Gasteiger charge is -2.40. The number of rotatable bonds is 1. The lowest BCUT2D eigenvalue weighted by Crippen LogP contribution is -2.55. The van der Waals surface area contributed by atoms with Crippen molar-refractivity contribution in [1.29, 1.82) is 0 Å². The summed E-state index contributed by atoms with van der Waals surface area (Å²) in [7, 11) is 0. The number of alkyl halides is 3. The number of carbonyl (C=O) groups is 1. The summed E-state index contributed by atoms with van der Waals surface area (Å²) in [5.41, 5.74) is -0.576. The zero-order valence-corrected chi connectivity index (χ0v) is 14.3. The Hall–Kier alpha value is -1.51. The van der Waals surface area contributed by atoms with E-state index in [1.54, 1.807) is 25.7 Å². The van der Waals surface area contributed by atoms with Crippen molar-refractivity contribution in [2.75, 3.05) is 24.5 Å². The second-order valence-corrected chi connectivity index (χ2v) is 7.48. The number of aromatic nitrogens is 1. The average molecular weight is 351 g/mol. The number of thiazole rings is 1. The third-order valence-corrected chi connectivity index (χ3v) is 4.41. The van der Waals surface area contributed by atoms with Gasteiger partial charge in [-0.15, -0.1) is 0 Å². The summed E-state index contributed by atoms with van der Waals surface area (Å²) in [6.45, 7) is 8.52. The van der Waals surface area contributed by atoms with Gasteiger partial charge in [0.05, 0.1) is 6.20 Å². The molecule has 0 aromatic carbocycles. The molecular weight excluding hydrogens is 331 g/mol. The lowest BCUT2D eigenvalue weighted by atomic mass is 10.2. The number of hydrogen-bond donors (Lipinski definition) is 0. The highest BCUT2D eigenvalue weighted by Gasteiger charge is 2.36. The summed E-state index contributed by atoms with van der Waals surface area (Å²) in [6.07, 6.45) is -3.58. The third-order valence-electron chi connectivity index (χ3n) is 3.30. The van der Waals surface area contributed by atoms with E-state index in [4.69, 9.17) is 4.74 Å². The quantitative estimate of drug-likeness (QED) is 0.775. The summed E-state index contributed by atoms with van der Waals surface area (Å²) in [4.78, 5) is 19.0. The Balaban J connectivity index is 2.01. The van der Waals surface area contributed by atoms with E-state index >= 15 is 0 Å². The summed E-state index contributed by atoms with van der Waals surface area (Å²) < 4.78 is 43.2. The zero-order chi connectivity index (χ0) is 17.4. The first-order valence-corrected chi connectivity index (χ1v) is 8.06. The molecule has 0 bridgehead atoms. The predicted molar refractivity (Wildman–Crippen MR) is 81.7 cm³/mol. The Morgan fingerprint density at radius 1 is 1.35 bits per heavy atom. The smallest absolute Gasteiger partial charge is 0.443 e. The van der Waals surface area contributed by atoms with Crippen LogP contribution in [0, 0.1) is 0 Å². The van der Waals surface area contributed by atoms with Crippen LogP contribution in [0.1, 0.15) is 32.7 Å². The molecule has 5 nitrogen and oxygen atoms in total. The molecule has 130 valence electrons. The van der Waals surface area contributed by atoms with Crippen molar-refractivity contribution in [3.63, 3.8) is 0 Å². The van der Waals surface area contributed by atoms with Crippen LogP contribution in [0.3, 0.4) is 0 Å². The van der Waals surface area contributed by atoms with E-state index in [1.165, 1.54) is 6.20 Å². The molecule has 1 saturated heterocycles. The molecule has 1 aliphatic rings. The maximum absolute atomic E-state index is 12.6. The topological polar surface area (TPSA) is 45.7 Å². The number of ether oxygens (including phenoxy) is 1. The molecule has 0 spiro atoms. The first-order valence-electron chi connectivity index (χ1n) is 7.25. The summed E-state index contributed by atoms with van der Waals surface area (Å²) in [5.74, 6) is 0. The molecule has 9 heteroatoms. The van der Waals surface area contributed by atoms with Gasteiger partial charge in [0, 0.05) is 25.7 Å². The molecule has 2 heterocycles. The van der Waals surface area contributed by atoms with Crippen molar-refractivity contribution in [2.45, 2.75) is 45.5 Å². The molecular formula is C14H20F3N3O2S. The van der Waals surface area contributed by atoms with Gasteiger partial charge in [0.1, 0.15) is 10.6 Å². The average Bonchev–Trinajstić information content (AvgIpc) is 2.85. The minimum Gasteiger partial charge on any atom is -0.444 e. The molecule has 1 fully saturated rings. The highest BCUT2D eigenvalue weighted by atomic mass is 32.1. The van der Waals surface area contributed by atoms with E-state index in [-0.39, 0.29) is 6.04 Å². The minimum absolute atomic E-state index is 0.157. The van der Waals surface area contributed by atoms with Crippen molar-refractivity contribution >= 4 is 22.4 Å². The van der Waals surface area contributed by atoms with E-state index in [2.05, 4.69) is 4.98 Å². The van der Waals surface area contributed by atoms with Gasteiger partial charge in [-0.25, -0.2) is 9.78 Å². The van der Waals surface area contributed by atoms with E-state index in [0.717, 1.165) is 0 Å². The van der Waals surface area contributed by atoms with Gasteiger partial charge in [-0.05, 0) is 27.7 Å². The maximum atomic E-state index is 12.6. The fraction of sp³-hybridized carbons (Fsp3) is 0.714. The molecule has 1 atom stereocenters. The zero-order valence-electron chi connectivity index (χ0n) is 13.5. The molecule has 1 amide bonds. The Labute approximate surface area is 137 Å². The van der Waals surface area contributed by atoms with Crippen molar-refractivity contribution in [3.05, 3.63) is 11.2 Å². The van der Waals surface area contributed by atoms with E-state index in [0.29, 0.717) is 36.0 Å². The largest absolute Gasteiger partial charge is 0.444 e. The summed E-state index contributed by atoms with van der Waals surface area (Å²) >= 11 is 0.623. The Morgan fingerprint density at radius 2 is 2.00 bits per heavy atom. The van der Waals surface area contributed by atoms with Crippen LogP contribution in [0.25, 0.3) is 0 Å². The van der Waals surface area contributed by atoms with Crippen LogP contribution >= 0.6 is 11.3 Å². The molecule has 1 aromatic heterocycles. The van der Waals surface area contributed by atoms with Crippen molar-refractivity contribution in [1.82, 2.24) is 9.88 Å². The van der Waals surface area contributed by atoms with Crippen molar-refractivity contribution in [3.8, 4) is 0 Å². The first-order chi connectivity index (χ1) is 10.5.